The van der Waals surface area contributed by atoms with Crippen LogP contribution in [0.2, 0.25) is 0 Å². The predicted molar refractivity (Wildman–Crippen MR) is 114 cm³/mol. The minimum Gasteiger partial charge on any atom is -0.491 e. The molecule has 3 rings (SSSR count). The van der Waals surface area contributed by atoms with Crippen LogP contribution in [0.15, 0.2) is 34.0 Å². The van der Waals surface area contributed by atoms with Crippen LogP contribution in [-0.4, -0.2) is 70.8 Å². The fraction of sp³-hybridized carbons (Fsp3) is 0.450. The molecule has 1 unspecified atom stereocenters. The molecule has 0 spiro atoms. The Morgan fingerprint density at radius 3 is 3.00 bits per heavy atom. The Balaban J connectivity index is 1.50. The smallest absolute Gasteiger partial charge is 0.355 e. The summed E-state index contributed by atoms with van der Waals surface area (Å²) < 4.78 is 6.70. The third-order valence-electron chi connectivity index (χ3n) is 4.55. The summed E-state index contributed by atoms with van der Waals surface area (Å²) in [6.07, 6.45) is 1.33. The van der Waals surface area contributed by atoms with E-state index in [-0.39, 0.29) is 17.6 Å². The molecule has 2 aromatic rings. The minimum absolute atomic E-state index is 0.0616. The standard InChI is InChI=1S/C20H25N3O4S2/c1-22(2)11-14-4-3-5-16(10-14)27-12-15-6-7-18(24)23(15)8-9-28-20-21-17(13-29-20)19(25)26/h3-5,10,13,15H,6-9,11-12H2,1-2H3,(H,25,26). The zero-order valence-electron chi connectivity index (χ0n) is 16.5. The Bertz CT molecular complexity index is 856. The van der Waals surface area contributed by atoms with E-state index in [4.69, 9.17) is 9.84 Å². The lowest BCUT2D eigenvalue weighted by molar-refractivity contribution is -0.129. The first-order valence-electron chi connectivity index (χ1n) is 9.40. The molecule has 1 aromatic carbocycles. The van der Waals surface area contributed by atoms with Crippen molar-refractivity contribution in [3.05, 3.63) is 40.9 Å². The van der Waals surface area contributed by atoms with Gasteiger partial charge in [0.15, 0.2) is 10.0 Å². The van der Waals surface area contributed by atoms with Crippen LogP contribution in [-0.2, 0) is 11.3 Å². The molecule has 9 heteroatoms. The summed E-state index contributed by atoms with van der Waals surface area (Å²) in [4.78, 5) is 31.2. The largest absolute Gasteiger partial charge is 0.491 e. The number of thiazole rings is 1. The molecule has 1 atom stereocenters. The second-order valence-electron chi connectivity index (χ2n) is 7.13. The van der Waals surface area contributed by atoms with Crippen molar-refractivity contribution in [3.63, 3.8) is 0 Å². The first kappa shape index (κ1) is 21.6. The van der Waals surface area contributed by atoms with Crippen LogP contribution >= 0.6 is 23.1 Å². The average Bonchev–Trinajstić information content (AvgIpc) is 3.28. The van der Waals surface area contributed by atoms with Gasteiger partial charge in [-0.15, -0.1) is 11.3 Å². The number of rotatable bonds is 10. The number of hydrogen-bond acceptors (Lipinski definition) is 7. The van der Waals surface area contributed by atoms with Gasteiger partial charge < -0.3 is 19.6 Å². The maximum Gasteiger partial charge on any atom is 0.355 e. The van der Waals surface area contributed by atoms with Crippen molar-refractivity contribution in [2.45, 2.75) is 29.8 Å². The lowest BCUT2D eigenvalue weighted by Crippen LogP contribution is -2.38. The number of likely N-dealkylation sites (tertiary alicyclic amines) is 1. The third-order valence-corrected chi connectivity index (χ3v) is 6.55. The fourth-order valence-corrected chi connectivity index (χ4v) is 5.03. The monoisotopic (exact) mass is 435 g/mol. The van der Waals surface area contributed by atoms with Gasteiger partial charge in [0.05, 0.1) is 6.04 Å². The first-order chi connectivity index (χ1) is 13.9. The SMILES string of the molecule is CN(C)Cc1cccc(OCC2CCC(=O)N2CCSc2nc(C(=O)O)cs2)c1. The van der Waals surface area contributed by atoms with E-state index in [1.54, 1.807) is 0 Å². The molecular formula is C20H25N3O4S2. The normalized spacial score (nSPS) is 16.6. The minimum atomic E-state index is -1.02. The van der Waals surface area contributed by atoms with Crippen molar-refractivity contribution in [3.8, 4) is 5.75 Å². The summed E-state index contributed by atoms with van der Waals surface area (Å²) in [6, 6.07) is 8.11. The molecule has 1 aliphatic heterocycles. The van der Waals surface area contributed by atoms with Crippen molar-refractivity contribution in [2.75, 3.05) is 33.0 Å². The predicted octanol–water partition coefficient (Wildman–Crippen LogP) is 3.07. The van der Waals surface area contributed by atoms with Crippen LogP contribution < -0.4 is 4.74 Å². The Labute approximate surface area is 178 Å². The highest BCUT2D eigenvalue weighted by Gasteiger charge is 2.31. The molecule has 29 heavy (non-hydrogen) atoms. The number of ether oxygens (including phenoxy) is 1. The summed E-state index contributed by atoms with van der Waals surface area (Å²) in [5.41, 5.74) is 1.25. The molecule has 7 nitrogen and oxygen atoms in total. The molecule has 1 amide bonds. The lowest BCUT2D eigenvalue weighted by Gasteiger charge is -2.24. The summed E-state index contributed by atoms with van der Waals surface area (Å²) >= 11 is 2.79. The number of amides is 1. The molecule has 2 heterocycles. The lowest BCUT2D eigenvalue weighted by atomic mass is 10.2. The van der Waals surface area contributed by atoms with E-state index in [1.807, 2.05) is 37.2 Å². The van der Waals surface area contributed by atoms with Crippen LogP contribution in [0.4, 0.5) is 0 Å². The Morgan fingerprint density at radius 2 is 2.28 bits per heavy atom. The van der Waals surface area contributed by atoms with E-state index in [1.165, 1.54) is 34.0 Å². The van der Waals surface area contributed by atoms with Crippen LogP contribution in [0.5, 0.6) is 5.75 Å². The molecule has 0 radical (unpaired) electrons. The van der Waals surface area contributed by atoms with E-state index in [2.05, 4.69) is 16.0 Å². The Morgan fingerprint density at radius 1 is 1.45 bits per heavy atom. The molecule has 1 aliphatic rings. The maximum absolute atomic E-state index is 12.3. The van der Waals surface area contributed by atoms with Crippen LogP contribution in [0.1, 0.15) is 28.9 Å². The van der Waals surface area contributed by atoms with Crippen molar-refractivity contribution >= 4 is 35.0 Å². The second-order valence-corrected chi connectivity index (χ2v) is 9.33. The quantitative estimate of drug-likeness (QED) is 0.574. The number of benzene rings is 1. The number of carboxylic acids is 1. The second kappa shape index (κ2) is 10.1. The van der Waals surface area contributed by atoms with Crippen molar-refractivity contribution < 1.29 is 19.4 Å². The van der Waals surface area contributed by atoms with E-state index in [0.717, 1.165) is 18.7 Å². The highest BCUT2D eigenvalue weighted by atomic mass is 32.2. The summed E-state index contributed by atoms with van der Waals surface area (Å²) in [6.45, 7) is 1.92. The van der Waals surface area contributed by atoms with Gasteiger partial charge in [0.2, 0.25) is 5.91 Å². The zero-order valence-corrected chi connectivity index (χ0v) is 18.2. The van der Waals surface area contributed by atoms with Gasteiger partial charge in [-0.25, -0.2) is 9.78 Å². The van der Waals surface area contributed by atoms with Gasteiger partial charge in [0.1, 0.15) is 12.4 Å². The Hall–Kier alpha value is -2.10. The molecule has 0 bridgehead atoms. The van der Waals surface area contributed by atoms with Crippen LogP contribution in [0.3, 0.4) is 0 Å². The number of aromatic nitrogens is 1. The molecule has 1 fully saturated rings. The van der Waals surface area contributed by atoms with Crippen molar-refractivity contribution in [2.24, 2.45) is 0 Å². The van der Waals surface area contributed by atoms with Gasteiger partial charge in [-0.05, 0) is 38.2 Å². The summed E-state index contributed by atoms with van der Waals surface area (Å²) in [7, 11) is 4.06. The van der Waals surface area contributed by atoms with Gasteiger partial charge in [-0.1, -0.05) is 23.9 Å². The van der Waals surface area contributed by atoms with E-state index in [0.29, 0.717) is 29.7 Å². The zero-order chi connectivity index (χ0) is 20.8. The molecule has 156 valence electrons. The van der Waals surface area contributed by atoms with Crippen molar-refractivity contribution in [1.29, 1.82) is 0 Å². The highest BCUT2D eigenvalue weighted by Crippen LogP contribution is 2.25. The van der Waals surface area contributed by atoms with Crippen LogP contribution in [0, 0.1) is 0 Å². The molecule has 1 saturated heterocycles. The number of thioether (sulfide) groups is 1. The Kier molecular flexibility index (Phi) is 7.51. The van der Waals surface area contributed by atoms with E-state index in [9.17, 15) is 9.59 Å². The van der Waals surface area contributed by atoms with Gasteiger partial charge in [-0.3, -0.25) is 4.79 Å². The summed E-state index contributed by atoms with van der Waals surface area (Å²) in [5, 5.41) is 10.5. The highest BCUT2D eigenvalue weighted by molar-refractivity contribution is 8.01. The fourth-order valence-electron chi connectivity index (χ4n) is 3.22. The topological polar surface area (TPSA) is 83.0 Å². The molecule has 1 aromatic heterocycles. The first-order valence-corrected chi connectivity index (χ1v) is 11.3. The van der Waals surface area contributed by atoms with Gasteiger partial charge in [-0.2, -0.15) is 0 Å². The van der Waals surface area contributed by atoms with E-state index < -0.39 is 5.97 Å². The molecule has 1 N–H and O–H groups in total. The molecule has 0 saturated carbocycles. The van der Waals surface area contributed by atoms with Gasteiger partial charge >= 0.3 is 5.97 Å². The summed E-state index contributed by atoms with van der Waals surface area (Å²) in [5.74, 6) is 0.621. The molecular weight excluding hydrogens is 410 g/mol. The molecule has 0 aliphatic carbocycles. The van der Waals surface area contributed by atoms with Crippen molar-refractivity contribution in [1.82, 2.24) is 14.8 Å². The third kappa shape index (κ3) is 6.19. The van der Waals surface area contributed by atoms with Gasteiger partial charge in [0, 0.05) is 30.6 Å². The maximum atomic E-state index is 12.3. The average molecular weight is 436 g/mol. The number of carbonyl (C=O) groups excluding carboxylic acids is 1. The van der Waals surface area contributed by atoms with Crippen LogP contribution in [0.25, 0.3) is 0 Å². The number of carbonyl (C=O) groups is 2. The van der Waals surface area contributed by atoms with Gasteiger partial charge in [0.25, 0.3) is 0 Å². The number of carboxylic acid groups (broad SMARTS) is 1. The number of hydrogen-bond donors (Lipinski definition) is 1. The number of nitrogens with zero attached hydrogens (tertiary/aromatic N) is 3. The van der Waals surface area contributed by atoms with E-state index >= 15 is 0 Å². The number of aromatic carboxylic acids is 1.